The Balaban J connectivity index is 1.70. The normalized spacial score (nSPS) is 14.6. The maximum Gasteiger partial charge on any atom is 0.266 e. The van der Waals surface area contributed by atoms with Crippen LogP contribution in [0.4, 0.5) is 5.69 Å². The van der Waals surface area contributed by atoms with Gasteiger partial charge in [-0.1, -0.05) is 36.1 Å². The molecule has 1 fully saturated rings. The summed E-state index contributed by atoms with van der Waals surface area (Å²) in [4.78, 5) is 27.1. The van der Waals surface area contributed by atoms with Gasteiger partial charge in [-0.15, -0.1) is 0 Å². The van der Waals surface area contributed by atoms with E-state index in [0.717, 1.165) is 11.3 Å². The van der Waals surface area contributed by atoms with Crippen LogP contribution in [0.1, 0.15) is 17.5 Å². The molecule has 1 N–H and O–H groups in total. The number of carbonyl (C=O) groups is 2. The average molecular weight is 473 g/mol. The molecule has 0 saturated carbocycles. The van der Waals surface area contributed by atoms with Gasteiger partial charge in [0.05, 0.1) is 26.2 Å². The highest BCUT2D eigenvalue weighted by Crippen LogP contribution is 2.40. The Labute approximate surface area is 196 Å². The van der Waals surface area contributed by atoms with Crippen LogP contribution in [0.3, 0.4) is 0 Å². The number of rotatable bonds is 8. The van der Waals surface area contributed by atoms with Gasteiger partial charge < -0.3 is 19.5 Å². The second-order valence-electron chi connectivity index (χ2n) is 6.96. The second kappa shape index (κ2) is 10.5. The summed E-state index contributed by atoms with van der Waals surface area (Å²) in [5, 5.41) is 2.84. The number of thioether (sulfide) groups is 1. The molecule has 0 aliphatic carbocycles. The number of hydrogen-bond donors (Lipinski definition) is 1. The third kappa shape index (κ3) is 5.41. The number of benzene rings is 2. The Kier molecular flexibility index (Phi) is 7.76. The van der Waals surface area contributed by atoms with E-state index in [2.05, 4.69) is 5.32 Å². The number of amides is 2. The smallest absolute Gasteiger partial charge is 0.266 e. The van der Waals surface area contributed by atoms with Crippen molar-refractivity contribution in [3.63, 3.8) is 0 Å². The Bertz CT molecular complexity index is 1060. The van der Waals surface area contributed by atoms with Crippen LogP contribution in [0.5, 0.6) is 17.2 Å². The molecule has 1 heterocycles. The van der Waals surface area contributed by atoms with E-state index in [9.17, 15) is 9.59 Å². The lowest BCUT2D eigenvalue weighted by molar-refractivity contribution is -0.122. The van der Waals surface area contributed by atoms with E-state index in [4.69, 9.17) is 26.4 Å². The lowest BCUT2D eigenvalue weighted by Gasteiger charge is -2.14. The fraction of sp³-hybridized carbons (Fsp3) is 0.261. The summed E-state index contributed by atoms with van der Waals surface area (Å²) >= 11 is 6.57. The minimum Gasteiger partial charge on any atom is -0.493 e. The molecule has 1 aliphatic rings. The maximum absolute atomic E-state index is 12.9. The molecule has 2 aromatic carbocycles. The molecule has 0 unspecified atom stereocenters. The molecule has 1 aliphatic heterocycles. The van der Waals surface area contributed by atoms with E-state index in [1.54, 1.807) is 18.2 Å². The summed E-state index contributed by atoms with van der Waals surface area (Å²) in [5.41, 5.74) is 2.48. The van der Waals surface area contributed by atoms with Crippen LogP contribution in [0, 0.1) is 6.92 Å². The molecule has 9 heteroatoms. The van der Waals surface area contributed by atoms with Crippen molar-refractivity contribution in [3.8, 4) is 17.2 Å². The third-order valence-corrected chi connectivity index (χ3v) is 6.10. The quantitative estimate of drug-likeness (QED) is 0.455. The summed E-state index contributed by atoms with van der Waals surface area (Å²) in [7, 11) is 4.59. The number of anilines is 1. The van der Waals surface area contributed by atoms with Crippen LogP contribution in [-0.2, 0) is 9.59 Å². The predicted octanol–water partition coefficient (Wildman–Crippen LogP) is 4.25. The molecule has 7 nitrogen and oxygen atoms in total. The first-order valence-corrected chi connectivity index (χ1v) is 11.0. The first kappa shape index (κ1) is 23.6. The first-order chi connectivity index (χ1) is 15.4. The van der Waals surface area contributed by atoms with Crippen LogP contribution in [-0.4, -0.2) is 48.9 Å². The molecule has 0 atom stereocenters. The lowest BCUT2D eigenvalue weighted by atomic mass is 10.1. The lowest BCUT2D eigenvalue weighted by Crippen LogP contribution is -2.31. The Morgan fingerprint density at radius 2 is 1.81 bits per heavy atom. The van der Waals surface area contributed by atoms with Crippen molar-refractivity contribution in [2.24, 2.45) is 0 Å². The summed E-state index contributed by atoms with van der Waals surface area (Å²) in [6, 6.07) is 11.0. The number of thiocarbonyl (C=S) groups is 1. The number of aryl methyl sites for hydroxylation is 1. The fourth-order valence-corrected chi connectivity index (χ4v) is 4.50. The van der Waals surface area contributed by atoms with Crippen LogP contribution >= 0.6 is 24.0 Å². The molecule has 0 spiro atoms. The summed E-state index contributed by atoms with van der Waals surface area (Å²) < 4.78 is 16.5. The largest absolute Gasteiger partial charge is 0.493 e. The molecule has 0 radical (unpaired) electrons. The van der Waals surface area contributed by atoms with Crippen molar-refractivity contribution in [1.29, 1.82) is 0 Å². The summed E-state index contributed by atoms with van der Waals surface area (Å²) in [5.74, 6) is 1.03. The van der Waals surface area contributed by atoms with Crippen molar-refractivity contribution in [2.45, 2.75) is 13.3 Å². The minimum absolute atomic E-state index is 0.137. The van der Waals surface area contributed by atoms with Gasteiger partial charge in [0.1, 0.15) is 4.32 Å². The van der Waals surface area contributed by atoms with Gasteiger partial charge in [0, 0.05) is 18.7 Å². The number of nitrogens with zero attached hydrogens (tertiary/aromatic N) is 1. The number of methoxy groups -OCH3 is 3. The van der Waals surface area contributed by atoms with Gasteiger partial charge >= 0.3 is 0 Å². The van der Waals surface area contributed by atoms with Gasteiger partial charge in [0.2, 0.25) is 11.7 Å². The molecule has 0 aromatic heterocycles. The summed E-state index contributed by atoms with van der Waals surface area (Å²) in [6.45, 7) is 2.16. The van der Waals surface area contributed by atoms with E-state index in [1.165, 1.54) is 38.0 Å². The van der Waals surface area contributed by atoms with Crippen molar-refractivity contribution < 1.29 is 23.8 Å². The molecule has 1 saturated heterocycles. The van der Waals surface area contributed by atoms with Gasteiger partial charge in [0.25, 0.3) is 5.91 Å². The zero-order chi connectivity index (χ0) is 23.3. The van der Waals surface area contributed by atoms with Gasteiger partial charge in [-0.25, -0.2) is 0 Å². The molecular formula is C23H24N2O5S2. The highest BCUT2D eigenvalue weighted by molar-refractivity contribution is 8.26. The first-order valence-electron chi connectivity index (χ1n) is 9.78. The van der Waals surface area contributed by atoms with Crippen molar-refractivity contribution in [2.75, 3.05) is 33.2 Å². The minimum atomic E-state index is -0.239. The zero-order valence-electron chi connectivity index (χ0n) is 18.3. The fourth-order valence-electron chi connectivity index (χ4n) is 3.19. The zero-order valence-corrected chi connectivity index (χ0v) is 19.9. The Hall–Kier alpha value is -3.04. The molecule has 3 rings (SSSR count). The number of ether oxygens (including phenoxy) is 3. The van der Waals surface area contributed by atoms with E-state index in [1.807, 2.05) is 31.2 Å². The highest BCUT2D eigenvalue weighted by Gasteiger charge is 2.32. The van der Waals surface area contributed by atoms with E-state index < -0.39 is 0 Å². The predicted molar refractivity (Wildman–Crippen MR) is 130 cm³/mol. The topological polar surface area (TPSA) is 77.1 Å². The third-order valence-electron chi connectivity index (χ3n) is 4.72. The van der Waals surface area contributed by atoms with Crippen LogP contribution in [0.25, 0.3) is 6.08 Å². The van der Waals surface area contributed by atoms with Crippen LogP contribution in [0.15, 0.2) is 41.3 Å². The molecule has 2 amide bonds. The molecule has 168 valence electrons. The van der Waals surface area contributed by atoms with Crippen molar-refractivity contribution >= 4 is 51.9 Å². The van der Waals surface area contributed by atoms with Crippen molar-refractivity contribution in [1.82, 2.24) is 4.90 Å². The number of carbonyl (C=O) groups excluding carboxylic acids is 2. The second-order valence-corrected chi connectivity index (χ2v) is 8.64. The van der Waals surface area contributed by atoms with Crippen molar-refractivity contribution in [3.05, 3.63) is 52.4 Å². The standard InChI is InChI=1S/C23H24N2O5S2/c1-14-6-5-7-16(10-14)24-20(26)8-9-25-22(27)19(32-23(25)31)13-15-11-17(28-2)21(30-4)18(12-15)29-3/h5-7,10-13H,8-9H2,1-4H3,(H,24,26)/b19-13+. The monoisotopic (exact) mass is 472 g/mol. The summed E-state index contributed by atoms with van der Waals surface area (Å²) in [6.07, 6.45) is 1.86. The molecule has 32 heavy (non-hydrogen) atoms. The molecule has 2 aromatic rings. The van der Waals surface area contributed by atoms with Gasteiger partial charge in [0.15, 0.2) is 11.5 Å². The van der Waals surface area contributed by atoms with Crippen LogP contribution < -0.4 is 19.5 Å². The average Bonchev–Trinajstić information content (AvgIpc) is 3.03. The van der Waals surface area contributed by atoms with Gasteiger partial charge in [-0.3, -0.25) is 14.5 Å². The Morgan fingerprint density at radius 1 is 1.12 bits per heavy atom. The number of hydrogen-bond acceptors (Lipinski definition) is 7. The SMILES string of the molecule is COc1cc(/C=C2/SC(=S)N(CCC(=O)Nc3cccc(C)c3)C2=O)cc(OC)c1OC. The maximum atomic E-state index is 12.9. The van der Waals surface area contributed by atoms with E-state index in [0.29, 0.717) is 32.0 Å². The van der Waals surface area contributed by atoms with E-state index >= 15 is 0 Å². The van der Waals surface area contributed by atoms with Crippen LogP contribution in [0.2, 0.25) is 0 Å². The molecule has 0 bridgehead atoms. The Morgan fingerprint density at radius 3 is 2.41 bits per heavy atom. The highest BCUT2D eigenvalue weighted by atomic mass is 32.2. The molecular weight excluding hydrogens is 448 g/mol. The van der Waals surface area contributed by atoms with Gasteiger partial charge in [-0.2, -0.15) is 0 Å². The number of nitrogens with one attached hydrogen (secondary N) is 1. The van der Waals surface area contributed by atoms with Gasteiger partial charge in [-0.05, 0) is 48.4 Å². The van der Waals surface area contributed by atoms with E-state index in [-0.39, 0.29) is 24.8 Å².